The molecule has 0 N–H and O–H groups in total. The lowest BCUT2D eigenvalue weighted by Gasteiger charge is -2.21. The van der Waals surface area contributed by atoms with Crippen LogP contribution in [0.25, 0.3) is 0 Å². The van der Waals surface area contributed by atoms with Gasteiger partial charge in [0.1, 0.15) is 11.1 Å². The molecule has 14 nitrogen and oxygen atoms in total. The maximum Gasteiger partial charge on any atom is 0.345 e. The van der Waals surface area contributed by atoms with E-state index in [0.717, 1.165) is 12.8 Å². The van der Waals surface area contributed by atoms with Gasteiger partial charge >= 0.3 is 35.8 Å². The molecular formula is C35H56N2O12. The van der Waals surface area contributed by atoms with Gasteiger partial charge in [0.25, 0.3) is 0 Å². The Morgan fingerprint density at radius 1 is 0.592 bits per heavy atom. The molecule has 0 fully saturated rings. The second-order valence-electron chi connectivity index (χ2n) is 10.5. The molecule has 1 unspecified atom stereocenters. The number of esters is 6. The van der Waals surface area contributed by atoms with Gasteiger partial charge in [0.05, 0.1) is 42.7 Å². The van der Waals surface area contributed by atoms with E-state index in [0.29, 0.717) is 16.7 Å². The number of likely N-dealkylation sites (N-methyl/N-ethyl adjacent to an activating group) is 1. The smallest absolute Gasteiger partial charge is 0.345 e. The summed E-state index contributed by atoms with van der Waals surface area (Å²) in [5.74, 6) is -4.93. The first-order valence-electron chi connectivity index (χ1n) is 15.2. The van der Waals surface area contributed by atoms with Crippen molar-refractivity contribution >= 4 is 35.8 Å². The fraction of sp³-hybridized carbons (Fsp3) is 0.543. The number of hydrogen-bond donors (Lipinski definition) is 0. The van der Waals surface area contributed by atoms with Crippen molar-refractivity contribution in [1.29, 1.82) is 0 Å². The van der Waals surface area contributed by atoms with Crippen molar-refractivity contribution in [2.45, 2.75) is 53.5 Å². The van der Waals surface area contributed by atoms with Crippen LogP contribution in [0.5, 0.6) is 0 Å². The van der Waals surface area contributed by atoms with Gasteiger partial charge in [0.15, 0.2) is 5.92 Å². The van der Waals surface area contributed by atoms with Gasteiger partial charge in [0, 0.05) is 20.1 Å². The van der Waals surface area contributed by atoms with Crippen molar-refractivity contribution in [2.24, 2.45) is 5.92 Å². The Bertz CT molecular complexity index is 1200. The Balaban J connectivity index is -0.000000651. The Hall–Kier alpha value is -4.72. The van der Waals surface area contributed by atoms with E-state index in [1.54, 1.807) is 44.0 Å². The molecule has 278 valence electrons. The standard InChI is InChI=1S/C13H23NO4.C11H17NO4.C11H16O4/c1-7-10(14(3)4)8-9(2)11(12(15)17-5)13(16)18-6;1-8(6-7-12(2)3)9(10(13)15-4)11(14)16-5;1-5-6-7-8(2)9(10(12)14-3)11(13)15-4/h8,10-11H,7H2,1-6H3;6-7H,1-5H3;6-7H,5H2,1-4H3/b9-8+;2*7-6+. The molecule has 0 aliphatic heterocycles. The number of nitrogens with zero attached hydrogens (tertiary/aromatic N) is 2. The van der Waals surface area contributed by atoms with Gasteiger partial charge in [-0.15, -0.1) is 0 Å². The minimum absolute atomic E-state index is 0.0651. The van der Waals surface area contributed by atoms with Gasteiger partial charge < -0.3 is 38.2 Å². The van der Waals surface area contributed by atoms with E-state index in [4.69, 9.17) is 0 Å². The first kappa shape index (κ1) is 48.7. The lowest BCUT2D eigenvalue weighted by molar-refractivity contribution is -0.157. The van der Waals surface area contributed by atoms with Crippen LogP contribution in [0, 0.1) is 5.92 Å². The van der Waals surface area contributed by atoms with Gasteiger partial charge in [0.2, 0.25) is 0 Å². The number of hydrogen-bond acceptors (Lipinski definition) is 14. The molecule has 1 atom stereocenters. The third-order valence-electron chi connectivity index (χ3n) is 6.44. The Morgan fingerprint density at radius 3 is 1.22 bits per heavy atom. The van der Waals surface area contributed by atoms with Crippen molar-refractivity contribution in [2.75, 3.05) is 70.8 Å². The largest absolute Gasteiger partial charge is 0.468 e. The van der Waals surface area contributed by atoms with Crippen LogP contribution in [0.2, 0.25) is 0 Å². The molecule has 0 bridgehead atoms. The Morgan fingerprint density at radius 2 is 0.959 bits per heavy atom. The topological polar surface area (TPSA) is 164 Å². The predicted molar refractivity (Wildman–Crippen MR) is 185 cm³/mol. The molecular weight excluding hydrogens is 640 g/mol. The van der Waals surface area contributed by atoms with E-state index < -0.39 is 41.7 Å². The maximum atomic E-state index is 11.6. The zero-order valence-electron chi connectivity index (χ0n) is 31.7. The summed E-state index contributed by atoms with van der Waals surface area (Å²) in [5, 5.41) is 0. The van der Waals surface area contributed by atoms with Crippen LogP contribution in [0.3, 0.4) is 0 Å². The van der Waals surface area contributed by atoms with E-state index in [-0.39, 0.29) is 17.2 Å². The third-order valence-corrected chi connectivity index (χ3v) is 6.44. The number of rotatable bonds is 14. The molecule has 0 aliphatic carbocycles. The fourth-order valence-electron chi connectivity index (χ4n) is 3.68. The highest BCUT2D eigenvalue weighted by Gasteiger charge is 2.31. The van der Waals surface area contributed by atoms with E-state index in [9.17, 15) is 28.8 Å². The zero-order valence-corrected chi connectivity index (χ0v) is 31.7. The number of ether oxygens (including phenoxy) is 6. The zero-order chi connectivity index (χ0) is 38.9. The summed E-state index contributed by atoms with van der Waals surface area (Å²) >= 11 is 0. The maximum absolute atomic E-state index is 11.6. The average Bonchev–Trinajstić information content (AvgIpc) is 3.08. The Kier molecular flexibility index (Phi) is 27.1. The van der Waals surface area contributed by atoms with Gasteiger partial charge in [-0.05, 0) is 71.1 Å². The number of carbonyl (C=O) groups is 6. The molecule has 0 rings (SSSR count). The Labute approximate surface area is 291 Å². The first-order valence-corrected chi connectivity index (χ1v) is 15.2. The summed E-state index contributed by atoms with van der Waals surface area (Å²) in [6.07, 6.45) is 10.5. The van der Waals surface area contributed by atoms with E-state index in [2.05, 4.69) is 28.4 Å². The lowest BCUT2D eigenvalue weighted by Crippen LogP contribution is -2.30. The van der Waals surface area contributed by atoms with Crippen LogP contribution in [0.15, 0.2) is 58.4 Å². The monoisotopic (exact) mass is 696 g/mol. The van der Waals surface area contributed by atoms with Crippen molar-refractivity contribution in [3.63, 3.8) is 0 Å². The van der Waals surface area contributed by atoms with Gasteiger partial charge in [-0.2, -0.15) is 0 Å². The minimum atomic E-state index is -0.978. The van der Waals surface area contributed by atoms with Crippen molar-refractivity contribution < 1.29 is 57.2 Å². The summed E-state index contributed by atoms with van der Waals surface area (Å²) in [4.78, 5) is 72.4. The van der Waals surface area contributed by atoms with Crippen molar-refractivity contribution in [3.05, 3.63) is 58.4 Å². The molecule has 0 heterocycles. The average molecular weight is 697 g/mol. The number of carbonyl (C=O) groups excluding carboxylic acids is 6. The summed E-state index contributed by atoms with van der Waals surface area (Å²) in [5.41, 5.74) is 1.52. The lowest BCUT2D eigenvalue weighted by atomic mass is 9.97. The molecule has 0 amide bonds. The molecule has 0 aromatic carbocycles. The first-order chi connectivity index (χ1) is 22.9. The summed E-state index contributed by atoms with van der Waals surface area (Å²) < 4.78 is 27.3. The van der Waals surface area contributed by atoms with Crippen LogP contribution in [-0.2, 0) is 57.2 Å². The minimum Gasteiger partial charge on any atom is -0.468 e. The summed E-state index contributed by atoms with van der Waals surface area (Å²) in [6.45, 7) is 9.04. The molecule has 0 spiro atoms. The van der Waals surface area contributed by atoms with E-state index in [1.807, 2.05) is 59.1 Å². The number of methoxy groups -OCH3 is 6. The quantitative estimate of drug-likeness (QED) is 0.0492. The van der Waals surface area contributed by atoms with E-state index in [1.165, 1.54) is 42.7 Å². The molecule has 0 saturated carbocycles. The molecule has 0 saturated heterocycles. The van der Waals surface area contributed by atoms with Crippen LogP contribution < -0.4 is 0 Å². The van der Waals surface area contributed by atoms with Crippen LogP contribution in [0.1, 0.15) is 47.5 Å². The number of allylic oxidation sites excluding steroid dienone is 5. The second-order valence-corrected chi connectivity index (χ2v) is 10.5. The van der Waals surface area contributed by atoms with Crippen LogP contribution in [-0.4, -0.2) is 123 Å². The molecule has 14 heteroatoms. The normalized spacial score (nSPS) is 11.2. The highest BCUT2D eigenvalue weighted by atomic mass is 16.6. The molecule has 0 aromatic rings. The van der Waals surface area contributed by atoms with Gasteiger partial charge in [-0.25, -0.2) is 19.2 Å². The van der Waals surface area contributed by atoms with Crippen LogP contribution in [0.4, 0.5) is 0 Å². The fourth-order valence-corrected chi connectivity index (χ4v) is 3.68. The third kappa shape index (κ3) is 19.0. The molecule has 49 heavy (non-hydrogen) atoms. The second kappa shape index (κ2) is 27.3. The van der Waals surface area contributed by atoms with Gasteiger partial charge in [-0.3, -0.25) is 9.59 Å². The molecule has 0 radical (unpaired) electrons. The predicted octanol–water partition coefficient (Wildman–Crippen LogP) is 3.57. The molecule has 0 aromatic heterocycles. The molecule has 0 aliphatic rings. The van der Waals surface area contributed by atoms with Gasteiger partial charge in [-0.1, -0.05) is 37.6 Å². The van der Waals surface area contributed by atoms with Crippen molar-refractivity contribution in [3.8, 4) is 0 Å². The SMILES string of the molecule is CC/C=C/C(C)=C(C(=O)OC)C(=O)OC.CCC(/C=C(\C)C(C(=O)OC)C(=O)OC)N(C)C.COC(=O)C(C(=O)OC)=C(C)/C=C/N(C)C. The van der Waals surface area contributed by atoms with Crippen LogP contribution >= 0.6 is 0 Å². The highest BCUT2D eigenvalue weighted by molar-refractivity contribution is 6.15. The summed E-state index contributed by atoms with van der Waals surface area (Å²) in [7, 11) is 15.0. The van der Waals surface area contributed by atoms with Crippen molar-refractivity contribution in [1.82, 2.24) is 9.80 Å². The summed E-state index contributed by atoms with van der Waals surface area (Å²) in [6, 6.07) is 0.168. The highest BCUT2D eigenvalue weighted by Crippen LogP contribution is 2.17. The van der Waals surface area contributed by atoms with E-state index >= 15 is 0 Å².